The number of nitriles is 1. The number of nitrogens with zero attached hydrogens (tertiary/aromatic N) is 2. The van der Waals surface area contributed by atoms with Gasteiger partial charge in [-0.25, -0.2) is 0 Å². The van der Waals surface area contributed by atoms with Gasteiger partial charge in [-0.15, -0.1) is 0 Å². The zero-order chi connectivity index (χ0) is 13.0. The van der Waals surface area contributed by atoms with E-state index < -0.39 is 0 Å². The van der Waals surface area contributed by atoms with Gasteiger partial charge in [-0.3, -0.25) is 0 Å². The lowest BCUT2D eigenvalue weighted by Crippen LogP contribution is -2.08. The third kappa shape index (κ3) is 2.61. The molecule has 2 rings (SSSR count). The Bertz CT molecular complexity index is 585. The molecule has 0 aliphatic carbocycles. The van der Waals surface area contributed by atoms with E-state index in [2.05, 4.69) is 6.07 Å². The zero-order valence-electron chi connectivity index (χ0n) is 10.4. The Morgan fingerprint density at radius 1 is 1.06 bits per heavy atom. The van der Waals surface area contributed by atoms with Crippen molar-refractivity contribution in [3.05, 3.63) is 54.1 Å². The molecule has 0 heterocycles. The van der Waals surface area contributed by atoms with Gasteiger partial charge in [0.15, 0.2) is 0 Å². The topological polar surface area (TPSA) is 36.3 Å². The summed E-state index contributed by atoms with van der Waals surface area (Å²) in [6.45, 7) is 0. The Morgan fingerprint density at radius 2 is 1.83 bits per heavy atom. The number of hydrogen-bond acceptors (Lipinski definition) is 3. The minimum atomic E-state index is 0.535. The van der Waals surface area contributed by atoms with Gasteiger partial charge in [0, 0.05) is 25.8 Å². The van der Waals surface area contributed by atoms with E-state index in [-0.39, 0.29) is 0 Å². The fraction of sp³-hybridized carbons (Fsp3) is 0.133. The van der Waals surface area contributed by atoms with E-state index in [1.807, 2.05) is 55.4 Å². The monoisotopic (exact) mass is 238 g/mol. The van der Waals surface area contributed by atoms with Crippen molar-refractivity contribution in [2.75, 3.05) is 19.0 Å². The van der Waals surface area contributed by atoms with Crippen LogP contribution in [-0.4, -0.2) is 14.1 Å². The van der Waals surface area contributed by atoms with Crippen LogP contribution in [-0.2, 0) is 0 Å². The van der Waals surface area contributed by atoms with Gasteiger partial charge in [0.1, 0.15) is 17.6 Å². The lowest BCUT2D eigenvalue weighted by Gasteiger charge is -2.14. The van der Waals surface area contributed by atoms with Crippen molar-refractivity contribution < 1.29 is 4.74 Å². The Hall–Kier alpha value is -2.47. The largest absolute Gasteiger partial charge is 0.456 e. The van der Waals surface area contributed by atoms with Gasteiger partial charge in [0.25, 0.3) is 0 Å². The number of anilines is 1. The summed E-state index contributed by atoms with van der Waals surface area (Å²) in [5, 5.41) is 9.00. The molecular weight excluding hydrogens is 224 g/mol. The van der Waals surface area contributed by atoms with E-state index in [0.29, 0.717) is 11.3 Å². The van der Waals surface area contributed by atoms with Crippen LogP contribution in [0.4, 0.5) is 5.69 Å². The smallest absolute Gasteiger partial charge is 0.145 e. The quantitative estimate of drug-likeness (QED) is 0.822. The van der Waals surface area contributed by atoms with Crippen molar-refractivity contribution in [1.82, 2.24) is 0 Å². The SMILES string of the molecule is CN(C)c1cccc(Oc2ccccc2C#N)c1. The molecule has 0 radical (unpaired) electrons. The molecule has 0 saturated heterocycles. The predicted molar refractivity (Wildman–Crippen MR) is 72.0 cm³/mol. The first kappa shape index (κ1) is 12.0. The van der Waals surface area contributed by atoms with E-state index >= 15 is 0 Å². The summed E-state index contributed by atoms with van der Waals surface area (Å²) in [5.41, 5.74) is 1.59. The molecule has 0 atom stereocenters. The summed E-state index contributed by atoms with van der Waals surface area (Å²) < 4.78 is 5.74. The highest BCUT2D eigenvalue weighted by Crippen LogP contribution is 2.27. The third-order valence-electron chi connectivity index (χ3n) is 2.57. The van der Waals surface area contributed by atoms with Crippen LogP contribution in [0.1, 0.15) is 5.56 Å². The molecule has 3 nitrogen and oxygen atoms in total. The van der Waals surface area contributed by atoms with Crippen molar-refractivity contribution >= 4 is 5.69 Å². The molecule has 0 fully saturated rings. The Labute approximate surface area is 107 Å². The van der Waals surface area contributed by atoms with E-state index in [0.717, 1.165) is 11.4 Å². The molecule has 18 heavy (non-hydrogen) atoms. The normalized spacial score (nSPS) is 9.61. The van der Waals surface area contributed by atoms with Gasteiger partial charge < -0.3 is 9.64 Å². The zero-order valence-corrected chi connectivity index (χ0v) is 10.4. The molecule has 0 aliphatic heterocycles. The molecule has 0 bridgehead atoms. The second-order valence-electron chi connectivity index (χ2n) is 4.10. The van der Waals surface area contributed by atoms with Crippen LogP contribution in [0.15, 0.2) is 48.5 Å². The molecule has 2 aromatic rings. The molecule has 0 amide bonds. The molecule has 0 aromatic heterocycles. The molecule has 3 heteroatoms. The third-order valence-corrected chi connectivity index (χ3v) is 2.57. The minimum absolute atomic E-state index is 0.535. The molecule has 2 aromatic carbocycles. The first-order valence-corrected chi connectivity index (χ1v) is 5.65. The van der Waals surface area contributed by atoms with E-state index in [1.165, 1.54) is 0 Å². The van der Waals surface area contributed by atoms with Crippen molar-refractivity contribution in [2.24, 2.45) is 0 Å². The number of benzene rings is 2. The maximum Gasteiger partial charge on any atom is 0.145 e. The van der Waals surface area contributed by atoms with Gasteiger partial charge in [-0.05, 0) is 24.3 Å². The van der Waals surface area contributed by atoms with Gasteiger partial charge in [-0.2, -0.15) is 5.26 Å². The van der Waals surface area contributed by atoms with Crippen LogP contribution >= 0.6 is 0 Å². The predicted octanol–water partition coefficient (Wildman–Crippen LogP) is 3.42. The molecule has 0 spiro atoms. The molecule has 90 valence electrons. The van der Waals surface area contributed by atoms with Gasteiger partial charge in [0.05, 0.1) is 5.56 Å². The first-order chi connectivity index (χ1) is 8.70. The van der Waals surface area contributed by atoms with E-state index in [1.54, 1.807) is 12.1 Å². The fourth-order valence-electron chi connectivity index (χ4n) is 1.60. The number of ether oxygens (including phenoxy) is 1. The minimum Gasteiger partial charge on any atom is -0.456 e. The van der Waals surface area contributed by atoms with Crippen LogP contribution < -0.4 is 9.64 Å². The maximum atomic E-state index is 9.00. The standard InChI is InChI=1S/C15H14N2O/c1-17(2)13-7-5-8-14(10-13)18-15-9-4-3-6-12(15)11-16/h3-10H,1-2H3. The van der Waals surface area contributed by atoms with Crippen LogP contribution in [0.25, 0.3) is 0 Å². The number of hydrogen-bond donors (Lipinski definition) is 0. The second-order valence-corrected chi connectivity index (χ2v) is 4.10. The van der Waals surface area contributed by atoms with Crippen LogP contribution in [0, 0.1) is 11.3 Å². The van der Waals surface area contributed by atoms with Gasteiger partial charge >= 0.3 is 0 Å². The lowest BCUT2D eigenvalue weighted by molar-refractivity contribution is 0.481. The summed E-state index contributed by atoms with van der Waals surface area (Å²) in [4.78, 5) is 2.00. The second kappa shape index (κ2) is 5.24. The van der Waals surface area contributed by atoms with Crippen molar-refractivity contribution in [2.45, 2.75) is 0 Å². The Morgan fingerprint density at radius 3 is 2.56 bits per heavy atom. The van der Waals surface area contributed by atoms with E-state index in [4.69, 9.17) is 10.00 Å². The molecule has 0 saturated carbocycles. The molecule has 0 N–H and O–H groups in total. The average Bonchev–Trinajstić information content (AvgIpc) is 2.39. The highest BCUT2D eigenvalue weighted by molar-refractivity contribution is 5.51. The number of para-hydroxylation sites is 1. The Balaban J connectivity index is 2.29. The fourth-order valence-corrected chi connectivity index (χ4v) is 1.60. The summed E-state index contributed by atoms with van der Waals surface area (Å²) in [7, 11) is 3.95. The summed E-state index contributed by atoms with van der Waals surface area (Å²) >= 11 is 0. The number of rotatable bonds is 3. The highest BCUT2D eigenvalue weighted by atomic mass is 16.5. The lowest BCUT2D eigenvalue weighted by atomic mass is 10.2. The summed E-state index contributed by atoms with van der Waals surface area (Å²) in [5.74, 6) is 1.31. The van der Waals surface area contributed by atoms with E-state index in [9.17, 15) is 0 Å². The molecular formula is C15H14N2O. The highest BCUT2D eigenvalue weighted by Gasteiger charge is 2.04. The van der Waals surface area contributed by atoms with Gasteiger partial charge in [-0.1, -0.05) is 18.2 Å². The Kier molecular flexibility index (Phi) is 3.49. The van der Waals surface area contributed by atoms with Crippen LogP contribution in [0.3, 0.4) is 0 Å². The van der Waals surface area contributed by atoms with Crippen molar-refractivity contribution in [3.8, 4) is 17.6 Å². The summed E-state index contributed by atoms with van der Waals surface area (Å²) in [6, 6.07) is 17.1. The van der Waals surface area contributed by atoms with Crippen molar-refractivity contribution in [3.63, 3.8) is 0 Å². The molecule has 0 unspecified atom stereocenters. The molecule has 0 aliphatic rings. The van der Waals surface area contributed by atoms with Crippen LogP contribution in [0.5, 0.6) is 11.5 Å². The summed E-state index contributed by atoms with van der Waals surface area (Å²) in [6.07, 6.45) is 0. The first-order valence-electron chi connectivity index (χ1n) is 5.65. The van der Waals surface area contributed by atoms with Crippen molar-refractivity contribution in [1.29, 1.82) is 5.26 Å². The van der Waals surface area contributed by atoms with Crippen LogP contribution in [0.2, 0.25) is 0 Å². The maximum absolute atomic E-state index is 9.00. The van der Waals surface area contributed by atoms with Gasteiger partial charge in [0.2, 0.25) is 0 Å². The average molecular weight is 238 g/mol.